The summed E-state index contributed by atoms with van der Waals surface area (Å²) in [5.41, 5.74) is 2.75. The van der Waals surface area contributed by atoms with Crippen molar-refractivity contribution in [2.45, 2.75) is 19.4 Å². The van der Waals surface area contributed by atoms with Crippen LogP contribution in [0.25, 0.3) is 0 Å². The summed E-state index contributed by atoms with van der Waals surface area (Å²) in [6, 6.07) is 8.48. The van der Waals surface area contributed by atoms with Crippen LogP contribution < -0.4 is 5.32 Å². The topological polar surface area (TPSA) is 53.9 Å². The molecule has 1 aliphatic heterocycles. The van der Waals surface area contributed by atoms with Crippen LogP contribution >= 0.6 is 24.0 Å². The zero-order valence-electron chi connectivity index (χ0n) is 12.5. The van der Waals surface area contributed by atoms with Gasteiger partial charge in [-0.25, -0.2) is 0 Å². The molecule has 1 N–H and O–H groups in total. The van der Waals surface area contributed by atoms with Gasteiger partial charge in [0.25, 0.3) is 0 Å². The molecule has 0 fully saturated rings. The Labute approximate surface area is 142 Å². The normalized spacial score (nSPS) is 14.0. The number of rotatable bonds is 3. The van der Waals surface area contributed by atoms with Crippen LogP contribution in [0.4, 0.5) is 0 Å². The number of aliphatic imine (C=N–C) groups is 1. The number of nitrogens with one attached hydrogen (secondary N) is 1. The monoisotopic (exact) mass is 403 g/mol. The van der Waals surface area contributed by atoms with Gasteiger partial charge in [0.15, 0.2) is 5.96 Å². The van der Waals surface area contributed by atoms with Crippen LogP contribution in [0.5, 0.6) is 0 Å². The van der Waals surface area contributed by atoms with E-state index in [9.17, 15) is 4.79 Å². The van der Waals surface area contributed by atoms with Crippen molar-refractivity contribution in [3.8, 4) is 0 Å². The van der Waals surface area contributed by atoms with Crippen LogP contribution in [0.3, 0.4) is 0 Å². The maximum Gasteiger partial charge on any atom is 0.307 e. The number of fused-ring (bicyclic) bond motifs is 1. The lowest BCUT2D eigenvalue weighted by Gasteiger charge is -2.31. The van der Waals surface area contributed by atoms with Crippen LogP contribution in [0.2, 0.25) is 0 Å². The molecular weight excluding hydrogens is 381 g/mol. The second-order valence-corrected chi connectivity index (χ2v) is 4.74. The molecule has 116 valence electrons. The van der Waals surface area contributed by atoms with Gasteiger partial charge in [0.1, 0.15) is 0 Å². The van der Waals surface area contributed by atoms with Gasteiger partial charge in [0.05, 0.1) is 13.5 Å². The van der Waals surface area contributed by atoms with E-state index in [1.807, 2.05) is 0 Å². The molecule has 1 aliphatic rings. The van der Waals surface area contributed by atoms with Gasteiger partial charge in [-0.2, -0.15) is 0 Å². The largest absolute Gasteiger partial charge is 0.469 e. The van der Waals surface area contributed by atoms with E-state index >= 15 is 0 Å². The lowest BCUT2D eigenvalue weighted by molar-refractivity contribution is -0.140. The number of halogens is 1. The third-order valence-electron chi connectivity index (χ3n) is 3.48. The third kappa shape index (κ3) is 4.87. The van der Waals surface area contributed by atoms with Crippen LogP contribution in [0, 0.1) is 0 Å². The van der Waals surface area contributed by atoms with Crippen molar-refractivity contribution < 1.29 is 9.53 Å². The van der Waals surface area contributed by atoms with E-state index in [0.717, 1.165) is 25.5 Å². The Hall–Kier alpha value is -1.31. The Morgan fingerprint density at radius 2 is 2.10 bits per heavy atom. The van der Waals surface area contributed by atoms with Gasteiger partial charge in [-0.3, -0.25) is 9.79 Å². The first-order valence-electron chi connectivity index (χ1n) is 6.83. The molecule has 0 atom stereocenters. The zero-order valence-corrected chi connectivity index (χ0v) is 14.8. The maximum atomic E-state index is 11.1. The number of guanidine groups is 1. The average Bonchev–Trinajstić information content (AvgIpc) is 2.51. The van der Waals surface area contributed by atoms with Gasteiger partial charge in [0.2, 0.25) is 0 Å². The summed E-state index contributed by atoms with van der Waals surface area (Å²) < 4.78 is 4.63. The summed E-state index contributed by atoms with van der Waals surface area (Å²) in [6.45, 7) is 2.33. The highest BCUT2D eigenvalue weighted by Gasteiger charge is 2.18. The van der Waals surface area contributed by atoms with E-state index < -0.39 is 0 Å². The number of carbonyl (C=O) groups is 1. The fourth-order valence-electron chi connectivity index (χ4n) is 2.39. The molecule has 0 radical (unpaired) electrons. The lowest BCUT2D eigenvalue weighted by Crippen LogP contribution is -2.44. The Kier molecular flexibility index (Phi) is 7.49. The van der Waals surface area contributed by atoms with Crippen LogP contribution in [0.1, 0.15) is 17.5 Å². The predicted octanol–water partition coefficient (Wildman–Crippen LogP) is 1.80. The molecule has 5 nitrogen and oxygen atoms in total. The van der Waals surface area contributed by atoms with E-state index in [-0.39, 0.29) is 29.9 Å². The van der Waals surface area contributed by atoms with E-state index in [0.29, 0.717) is 13.0 Å². The smallest absolute Gasteiger partial charge is 0.307 e. The van der Waals surface area contributed by atoms with Crippen molar-refractivity contribution >= 4 is 35.9 Å². The number of hydrogen-bond acceptors (Lipinski definition) is 3. The molecule has 0 aromatic heterocycles. The van der Waals surface area contributed by atoms with Gasteiger partial charge < -0.3 is 15.0 Å². The molecule has 1 heterocycles. The number of hydrogen-bond donors (Lipinski definition) is 1. The second-order valence-electron chi connectivity index (χ2n) is 4.74. The van der Waals surface area contributed by atoms with E-state index in [1.54, 1.807) is 7.05 Å². The standard InChI is InChI=1S/C15H21N3O2.HI/c1-16-15(17-9-7-14(19)20-2)18-10-8-12-5-3-4-6-13(12)11-18;/h3-6H,7-11H2,1-2H3,(H,16,17);1H. The summed E-state index contributed by atoms with van der Waals surface area (Å²) in [5, 5.41) is 3.21. The Bertz CT molecular complexity index is 505. The maximum absolute atomic E-state index is 11.1. The van der Waals surface area contributed by atoms with Crippen LogP contribution in [0.15, 0.2) is 29.3 Å². The molecular formula is C15H22IN3O2. The van der Waals surface area contributed by atoms with Crippen molar-refractivity contribution in [3.63, 3.8) is 0 Å². The molecule has 2 rings (SSSR count). The number of esters is 1. The molecule has 0 saturated heterocycles. The summed E-state index contributed by atoms with van der Waals surface area (Å²) in [5.74, 6) is 0.625. The van der Waals surface area contributed by atoms with Gasteiger partial charge >= 0.3 is 5.97 Å². The molecule has 0 aliphatic carbocycles. The van der Waals surface area contributed by atoms with Crippen molar-refractivity contribution in [1.29, 1.82) is 0 Å². The predicted molar refractivity (Wildman–Crippen MR) is 94.0 cm³/mol. The quantitative estimate of drug-likeness (QED) is 0.362. The number of carbonyl (C=O) groups excluding carboxylic acids is 1. The van der Waals surface area contributed by atoms with Crippen molar-refractivity contribution in [3.05, 3.63) is 35.4 Å². The van der Waals surface area contributed by atoms with E-state index in [4.69, 9.17) is 0 Å². The zero-order chi connectivity index (χ0) is 14.4. The first-order chi connectivity index (χ1) is 9.74. The summed E-state index contributed by atoms with van der Waals surface area (Å²) in [7, 11) is 3.17. The molecule has 1 aromatic rings. The highest BCUT2D eigenvalue weighted by atomic mass is 127. The Balaban J connectivity index is 0.00000220. The molecule has 0 saturated carbocycles. The fourth-order valence-corrected chi connectivity index (χ4v) is 2.39. The van der Waals surface area contributed by atoms with Gasteiger partial charge in [0, 0.05) is 26.7 Å². The van der Waals surface area contributed by atoms with E-state index in [1.165, 1.54) is 18.2 Å². The first-order valence-corrected chi connectivity index (χ1v) is 6.83. The minimum Gasteiger partial charge on any atom is -0.469 e. The number of benzene rings is 1. The molecule has 0 unspecified atom stereocenters. The van der Waals surface area contributed by atoms with E-state index in [2.05, 4.69) is 44.2 Å². The minimum atomic E-state index is -0.211. The molecule has 21 heavy (non-hydrogen) atoms. The average molecular weight is 403 g/mol. The van der Waals surface area contributed by atoms with Crippen molar-refractivity contribution in [1.82, 2.24) is 10.2 Å². The third-order valence-corrected chi connectivity index (χ3v) is 3.48. The molecule has 0 amide bonds. The van der Waals surface area contributed by atoms with Gasteiger partial charge in [-0.05, 0) is 17.5 Å². The lowest BCUT2D eigenvalue weighted by atomic mass is 10.0. The summed E-state index contributed by atoms with van der Waals surface area (Å²) in [6.07, 6.45) is 1.37. The SMILES string of the molecule is CN=C(NCCC(=O)OC)N1CCc2ccccc2C1.I. The first kappa shape index (κ1) is 17.7. The molecule has 1 aromatic carbocycles. The molecule has 0 spiro atoms. The summed E-state index contributed by atoms with van der Waals surface area (Å²) >= 11 is 0. The minimum absolute atomic E-state index is 0. The number of methoxy groups -OCH3 is 1. The van der Waals surface area contributed by atoms with Gasteiger partial charge in [-0.15, -0.1) is 24.0 Å². The number of ether oxygens (including phenoxy) is 1. The Morgan fingerprint density at radius 1 is 1.38 bits per heavy atom. The molecule has 6 heteroatoms. The second kappa shape index (κ2) is 8.86. The van der Waals surface area contributed by atoms with Gasteiger partial charge in [-0.1, -0.05) is 24.3 Å². The van der Waals surface area contributed by atoms with Crippen LogP contribution in [-0.4, -0.2) is 44.1 Å². The van der Waals surface area contributed by atoms with Crippen LogP contribution in [-0.2, 0) is 22.5 Å². The Morgan fingerprint density at radius 3 is 2.76 bits per heavy atom. The highest BCUT2D eigenvalue weighted by molar-refractivity contribution is 14.0. The number of nitrogens with zero attached hydrogens (tertiary/aromatic N) is 2. The van der Waals surface area contributed by atoms with Crippen molar-refractivity contribution in [2.24, 2.45) is 4.99 Å². The highest BCUT2D eigenvalue weighted by Crippen LogP contribution is 2.18. The fraction of sp³-hybridized carbons (Fsp3) is 0.467. The molecule has 0 bridgehead atoms. The summed E-state index contributed by atoms with van der Waals surface area (Å²) in [4.78, 5) is 17.6. The van der Waals surface area contributed by atoms with Crippen molar-refractivity contribution in [2.75, 3.05) is 27.2 Å².